The number of hydrogen-bond donors (Lipinski definition) is 0. The molecule has 2 nitrogen and oxygen atoms in total. The van der Waals surface area contributed by atoms with Crippen molar-refractivity contribution in [3.8, 4) is 0 Å². The molecule has 0 bridgehead atoms. The average molecular weight is 355 g/mol. The third kappa shape index (κ3) is 4.56. The zero-order chi connectivity index (χ0) is 8.36. The van der Waals surface area contributed by atoms with E-state index in [4.69, 9.17) is 8.91 Å². The summed E-state index contributed by atoms with van der Waals surface area (Å²) in [5, 5.41) is 0. The molecule has 0 fully saturated rings. The van der Waals surface area contributed by atoms with E-state index in [-0.39, 0.29) is 0 Å². The summed E-state index contributed by atoms with van der Waals surface area (Å²) in [6.45, 7) is 0. The van der Waals surface area contributed by atoms with Crippen LogP contribution in [0.3, 0.4) is 0 Å². The Morgan fingerprint density at radius 3 is 2.10 bits per heavy atom. The SMILES string of the molecule is O=C(OI(Cl)Br)C(F)(F)F. The van der Waals surface area contributed by atoms with Crippen molar-refractivity contribution in [3.05, 3.63) is 0 Å². The van der Waals surface area contributed by atoms with Gasteiger partial charge in [-0.15, -0.1) is 0 Å². The van der Waals surface area contributed by atoms with Crippen molar-refractivity contribution in [1.82, 2.24) is 0 Å². The van der Waals surface area contributed by atoms with Crippen LogP contribution < -0.4 is 0 Å². The minimum absolute atomic E-state index is 2.25. The molecule has 0 heterocycles. The molecular weight excluding hydrogens is 355 g/mol. The Kier molecular flexibility index (Phi) is 4.26. The summed E-state index contributed by atoms with van der Waals surface area (Å²) in [4.78, 5) is 9.85. The van der Waals surface area contributed by atoms with Gasteiger partial charge in [-0.3, -0.25) is 0 Å². The van der Waals surface area contributed by atoms with Crippen molar-refractivity contribution < 1.29 is 21.0 Å². The predicted molar refractivity (Wildman–Crippen MR) is 40.9 cm³/mol. The van der Waals surface area contributed by atoms with Gasteiger partial charge in [-0.1, -0.05) is 0 Å². The van der Waals surface area contributed by atoms with Crippen molar-refractivity contribution in [3.63, 3.8) is 0 Å². The molecule has 0 atom stereocenters. The van der Waals surface area contributed by atoms with Crippen LogP contribution in [0.5, 0.6) is 0 Å². The standard InChI is InChI=1S/C2BrClF3IO2/c3-8(4)10-1(9)2(5,6)7. The van der Waals surface area contributed by atoms with E-state index in [0.29, 0.717) is 0 Å². The van der Waals surface area contributed by atoms with Gasteiger partial charge in [0.15, 0.2) is 0 Å². The fraction of sp³-hybridized carbons (Fsp3) is 0.500. The van der Waals surface area contributed by atoms with Crippen LogP contribution in [-0.2, 0) is 7.86 Å². The minimum atomic E-state index is -4.95. The molecule has 0 spiro atoms. The van der Waals surface area contributed by atoms with Gasteiger partial charge in [0.1, 0.15) is 0 Å². The number of halogens is 6. The van der Waals surface area contributed by atoms with Crippen molar-refractivity contribution >= 4 is 44.4 Å². The molecule has 0 unspecified atom stereocenters. The van der Waals surface area contributed by atoms with Crippen molar-refractivity contribution in [2.24, 2.45) is 0 Å². The van der Waals surface area contributed by atoms with Crippen LogP contribution in [0.15, 0.2) is 0 Å². The summed E-state index contributed by atoms with van der Waals surface area (Å²) in [6, 6.07) is 0. The van der Waals surface area contributed by atoms with Gasteiger partial charge in [0.2, 0.25) is 0 Å². The van der Waals surface area contributed by atoms with Crippen LogP contribution in [0.1, 0.15) is 0 Å². The van der Waals surface area contributed by atoms with Crippen LogP contribution in [0.25, 0.3) is 0 Å². The topological polar surface area (TPSA) is 26.3 Å². The molecule has 0 aromatic carbocycles. The van der Waals surface area contributed by atoms with Gasteiger partial charge < -0.3 is 0 Å². The number of alkyl halides is 3. The van der Waals surface area contributed by atoms with Crippen molar-refractivity contribution in [2.45, 2.75) is 6.18 Å². The molecule has 0 N–H and O–H groups in total. The number of rotatable bonds is 1. The fourth-order valence-electron chi connectivity index (χ4n) is 0.0967. The Hall–Kier alpha value is 0.760. The molecule has 10 heavy (non-hydrogen) atoms. The van der Waals surface area contributed by atoms with Gasteiger partial charge in [0, 0.05) is 0 Å². The van der Waals surface area contributed by atoms with Gasteiger partial charge in [-0.05, 0) is 0 Å². The van der Waals surface area contributed by atoms with Crippen LogP contribution in [0.2, 0.25) is 0 Å². The summed E-state index contributed by atoms with van der Waals surface area (Å²) in [7, 11) is 5.01. The molecule has 0 aliphatic heterocycles. The second kappa shape index (κ2) is 3.96. The second-order valence-corrected chi connectivity index (χ2v) is 10.2. The van der Waals surface area contributed by atoms with Crippen LogP contribution in [0, 0.1) is 0 Å². The number of carbonyl (C=O) groups excluding carboxylic acids is 1. The van der Waals surface area contributed by atoms with Crippen LogP contribution in [0.4, 0.5) is 13.2 Å². The summed E-state index contributed by atoms with van der Waals surface area (Å²) < 4.78 is 37.5. The van der Waals surface area contributed by atoms with Gasteiger partial charge >= 0.3 is 71.7 Å². The molecule has 0 saturated heterocycles. The van der Waals surface area contributed by atoms with E-state index >= 15 is 0 Å². The van der Waals surface area contributed by atoms with Crippen LogP contribution >= 0.6 is 38.5 Å². The summed E-state index contributed by atoms with van der Waals surface area (Å²) in [5.74, 6) is -2.25. The molecule has 8 heteroatoms. The second-order valence-electron chi connectivity index (χ2n) is 1.03. The fourth-order valence-corrected chi connectivity index (χ4v) is 1.75. The van der Waals surface area contributed by atoms with E-state index in [9.17, 15) is 18.0 Å². The van der Waals surface area contributed by atoms with Gasteiger partial charge in [-0.2, -0.15) is 0 Å². The van der Waals surface area contributed by atoms with E-state index in [1.807, 2.05) is 0 Å². The van der Waals surface area contributed by atoms with Crippen molar-refractivity contribution in [2.75, 3.05) is 0 Å². The predicted octanol–water partition coefficient (Wildman–Crippen LogP) is 2.98. The molecule has 0 rings (SSSR count). The van der Waals surface area contributed by atoms with E-state index < -0.39 is 29.0 Å². The first-order valence-corrected chi connectivity index (χ1v) is 10.1. The van der Waals surface area contributed by atoms with Gasteiger partial charge in [0.25, 0.3) is 0 Å². The summed E-state index contributed by atoms with van der Waals surface area (Å²) in [5.41, 5.74) is 0. The average Bonchev–Trinajstić information content (AvgIpc) is 1.60. The Labute approximate surface area is 71.4 Å². The Balaban J connectivity index is 3.87. The first-order valence-electron chi connectivity index (χ1n) is 1.67. The third-order valence-electron chi connectivity index (χ3n) is 0.360. The first-order chi connectivity index (χ1) is 4.34. The molecule has 0 aromatic heterocycles. The molecule has 62 valence electrons. The molecule has 0 saturated carbocycles. The molecule has 0 radical (unpaired) electrons. The summed E-state index contributed by atoms with van der Waals surface area (Å²) >= 11 is -0.216. The molecule has 0 aromatic rings. The third-order valence-corrected chi connectivity index (χ3v) is 2.30. The van der Waals surface area contributed by atoms with Gasteiger partial charge in [-0.25, -0.2) is 0 Å². The molecule has 0 aliphatic carbocycles. The monoisotopic (exact) mass is 354 g/mol. The first kappa shape index (κ1) is 10.8. The van der Waals surface area contributed by atoms with Crippen LogP contribution in [-0.4, -0.2) is 12.1 Å². The van der Waals surface area contributed by atoms with E-state index in [0.717, 1.165) is 0 Å². The van der Waals surface area contributed by atoms with E-state index in [1.165, 1.54) is 0 Å². The quantitative estimate of drug-likeness (QED) is 0.676. The maximum atomic E-state index is 11.3. The number of hydrogen-bond acceptors (Lipinski definition) is 2. The van der Waals surface area contributed by atoms with Crippen molar-refractivity contribution in [1.29, 1.82) is 0 Å². The van der Waals surface area contributed by atoms with E-state index in [2.05, 4.69) is 15.8 Å². The molecule has 0 amide bonds. The molecular formula is C2BrClF3IO2. The maximum absolute atomic E-state index is 11.3. The Bertz CT molecular complexity index is 137. The molecule has 0 aliphatic rings. The normalized spacial score (nSPS) is 12.7. The Morgan fingerprint density at radius 2 is 2.00 bits per heavy atom. The zero-order valence-corrected chi connectivity index (χ0v) is 8.58. The Morgan fingerprint density at radius 1 is 1.60 bits per heavy atom. The number of carbonyl (C=O) groups is 1. The van der Waals surface area contributed by atoms with Gasteiger partial charge in [0.05, 0.1) is 0 Å². The zero-order valence-electron chi connectivity index (χ0n) is 4.08. The summed E-state index contributed by atoms with van der Waals surface area (Å²) in [6.07, 6.45) is -4.95. The van der Waals surface area contributed by atoms with E-state index in [1.54, 1.807) is 0 Å².